The first-order valence-electron chi connectivity index (χ1n) is 9.33. The van der Waals surface area contributed by atoms with Gasteiger partial charge in [-0.3, -0.25) is 9.59 Å². The van der Waals surface area contributed by atoms with Gasteiger partial charge in [-0.1, -0.05) is 30.3 Å². The predicted octanol–water partition coefficient (Wildman–Crippen LogP) is 2.77. The molecule has 7 nitrogen and oxygen atoms in total. The van der Waals surface area contributed by atoms with Crippen LogP contribution in [-0.4, -0.2) is 37.0 Å². The number of benzene rings is 2. The minimum absolute atomic E-state index is 0.0887. The van der Waals surface area contributed by atoms with Crippen LogP contribution < -0.4 is 15.0 Å². The van der Waals surface area contributed by atoms with Crippen molar-refractivity contribution in [3.63, 3.8) is 0 Å². The lowest BCUT2D eigenvalue weighted by atomic mass is 10.1. The molecule has 148 valence electrons. The minimum Gasteiger partial charge on any atom is -0.488 e. The number of nitrogens with one attached hydrogen (secondary N) is 1. The normalized spacial score (nSPS) is 17.7. The molecule has 2 aromatic carbocycles. The number of fused-ring (bicyclic) bond motifs is 2. The average Bonchev–Trinajstić information content (AvgIpc) is 2.85. The fraction of sp³-hybridized carbons (Fsp3) is 0.227. The maximum atomic E-state index is 12.9. The molecule has 4 rings (SSSR count). The number of para-hydroxylation sites is 3. The number of esters is 1. The Morgan fingerprint density at radius 3 is 2.79 bits per heavy atom. The zero-order valence-electron chi connectivity index (χ0n) is 15.9. The van der Waals surface area contributed by atoms with Crippen LogP contribution in [0.4, 0.5) is 11.4 Å². The first kappa shape index (κ1) is 18.7. The number of hydrogen-bond acceptors (Lipinski definition) is 5. The number of amides is 2. The molecular formula is C22H20N2O5. The fourth-order valence-corrected chi connectivity index (χ4v) is 3.49. The van der Waals surface area contributed by atoms with E-state index in [2.05, 4.69) is 5.32 Å². The molecule has 1 N–H and O–H groups in total. The van der Waals surface area contributed by atoms with Crippen molar-refractivity contribution in [2.75, 3.05) is 23.4 Å². The van der Waals surface area contributed by atoms with E-state index in [1.807, 2.05) is 24.3 Å². The number of carbonyl (C=O) groups excluding carboxylic acids is 3. The van der Waals surface area contributed by atoms with Crippen molar-refractivity contribution in [1.29, 1.82) is 0 Å². The van der Waals surface area contributed by atoms with Crippen LogP contribution in [0.25, 0.3) is 6.08 Å². The van der Waals surface area contributed by atoms with Gasteiger partial charge in [-0.15, -0.1) is 0 Å². The number of rotatable bonds is 3. The zero-order chi connectivity index (χ0) is 20.4. The maximum absolute atomic E-state index is 12.9. The number of ether oxygens (including phenoxy) is 2. The van der Waals surface area contributed by atoms with Crippen LogP contribution >= 0.6 is 0 Å². The number of nitrogens with zero attached hydrogens (tertiary/aromatic N) is 1. The third-order valence-corrected chi connectivity index (χ3v) is 4.85. The van der Waals surface area contributed by atoms with E-state index in [1.165, 1.54) is 4.90 Å². The lowest BCUT2D eigenvalue weighted by Crippen LogP contribution is -2.41. The fourth-order valence-electron chi connectivity index (χ4n) is 3.49. The Hall–Kier alpha value is -3.61. The van der Waals surface area contributed by atoms with Gasteiger partial charge in [0, 0.05) is 18.0 Å². The lowest BCUT2D eigenvalue weighted by Gasteiger charge is -2.27. The largest absolute Gasteiger partial charge is 0.488 e. The average molecular weight is 392 g/mol. The molecule has 0 aliphatic carbocycles. The van der Waals surface area contributed by atoms with Crippen molar-refractivity contribution < 1.29 is 23.9 Å². The predicted molar refractivity (Wildman–Crippen MR) is 108 cm³/mol. The van der Waals surface area contributed by atoms with E-state index in [4.69, 9.17) is 9.47 Å². The Labute approximate surface area is 167 Å². The molecule has 2 aromatic rings. The number of anilines is 2. The highest BCUT2D eigenvalue weighted by atomic mass is 16.5. The van der Waals surface area contributed by atoms with Crippen LogP contribution in [0.1, 0.15) is 18.9 Å². The van der Waals surface area contributed by atoms with Gasteiger partial charge >= 0.3 is 5.97 Å². The first-order valence-corrected chi connectivity index (χ1v) is 9.33. The Balaban J connectivity index is 1.48. The summed E-state index contributed by atoms with van der Waals surface area (Å²) in [5.41, 5.74) is 2.27. The van der Waals surface area contributed by atoms with Crippen molar-refractivity contribution in [1.82, 2.24) is 0 Å². The topological polar surface area (TPSA) is 84.9 Å². The highest BCUT2D eigenvalue weighted by Crippen LogP contribution is 2.31. The van der Waals surface area contributed by atoms with Crippen molar-refractivity contribution in [3.8, 4) is 5.75 Å². The van der Waals surface area contributed by atoms with Gasteiger partial charge in [0.25, 0.3) is 5.91 Å². The summed E-state index contributed by atoms with van der Waals surface area (Å²) in [4.78, 5) is 38.9. The molecule has 1 atom stereocenters. The number of carbonyl (C=O) groups is 3. The van der Waals surface area contributed by atoms with Crippen molar-refractivity contribution in [3.05, 3.63) is 59.7 Å². The summed E-state index contributed by atoms with van der Waals surface area (Å²) in [5.74, 6) is -0.460. The molecule has 29 heavy (non-hydrogen) atoms. The molecule has 1 unspecified atom stereocenters. The van der Waals surface area contributed by atoms with Gasteiger partial charge in [0.2, 0.25) is 5.91 Å². The van der Waals surface area contributed by atoms with Gasteiger partial charge in [0.05, 0.1) is 16.9 Å². The van der Waals surface area contributed by atoms with Crippen molar-refractivity contribution in [2.45, 2.75) is 19.4 Å². The van der Waals surface area contributed by atoms with Gasteiger partial charge in [-0.25, -0.2) is 4.79 Å². The Bertz CT molecular complexity index is 1010. The van der Waals surface area contributed by atoms with Crippen LogP contribution in [-0.2, 0) is 19.1 Å². The summed E-state index contributed by atoms with van der Waals surface area (Å²) in [5, 5.41) is 2.80. The molecule has 0 radical (unpaired) electrons. The molecular weight excluding hydrogens is 372 g/mol. The molecule has 0 saturated heterocycles. The van der Waals surface area contributed by atoms with Crippen LogP contribution in [0.15, 0.2) is 54.1 Å². The van der Waals surface area contributed by atoms with E-state index >= 15 is 0 Å². The van der Waals surface area contributed by atoms with Gasteiger partial charge in [-0.05, 0) is 31.2 Å². The molecule has 2 aliphatic rings. The summed E-state index contributed by atoms with van der Waals surface area (Å²) in [6.07, 6.45) is 1.86. The SMILES string of the molecule is CC1CC(=O)Nc2ccccc2N1C(=O)COC(=O)C1=Cc2ccccc2OC1. The van der Waals surface area contributed by atoms with E-state index in [0.29, 0.717) is 22.7 Å². The quantitative estimate of drug-likeness (QED) is 0.812. The van der Waals surface area contributed by atoms with Gasteiger partial charge < -0.3 is 19.7 Å². The Morgan fingerprint density at radius 2 is 1.93 bits per heavy atom. The van der Waals surface area contributed by atoms with Gasteiger partial charge in [0.15, 0.2) is 6.61 Å². The van der Waals surface area contributed by atoms with Crippen LogP contribution in [0.3, 0.4) is 0 Å². The first-order chi connectivity index (χ1) is 14.0. The van der Waals surface area contributed by atoms with Crippen LogP contribution in [0, 0.1) is 0 Å². The summed E-state index contributed by atoms with van der Waals surface area (Å²) in [6.45, 7) is 1.45. The second kappa shape index (κ2) is 7.79. The minimum atomic E-state index is -0.599. The second-order valence-corrected chi connectivity index (χ2v) is 6.95. The lowest BCUT2D eigenvalue weighted by molar-refractivity contribution is -0.144. The molecule has 0 bridgehead atoms. The van der Waals surface area contributed by atoms with Crippen LogP contribution in [0.2, 0.25) is 0 Å². The van der Waals surface area contributed by atoms with Crippen LogP contribution in [0.5, 0.6) is 5.75 Å². The molecule has 0 aromatic heterocycles. The Kier molecular flexibility index (Phi) is 5.03. The third-order valence-electron chi connectivity index (χ3n) is 4.85. The molecule has 0 saturated carbocycles. The van der Waals surface area contributed by atoms with Gasteiger partial charge in [0.1, 0.15) is 12.4 Å². The maximum Gasteiger partial charge on any atom is 0.338 e. The molecule has 2 aliphatic heterocycles. The highest BCUT2D eigenvalue weighted by Gasteiger charge is 2.30. The van der Waals surface area contributed by atoms with E-state index < -0.39 is 18.5 Å². The molecule has 0 spiro atoms. The summed E-state index contributed by atoms with van der Waals surface area (Å²) < 4.78 is 10.8. The van der Waals surface area contributed by atoms with Crippen molar-refractivity contribution >= 4 is 35.2 Å². The van der Waals surface area contributed by atoms with Gasteiger partial charge in [-0.2, -0.15) is 0 Å². The molecule has 7 heteroatoms. The summed E-state index contributed by atoms with van der Waals surface area (Å²) >= 11 is 0. The standard InChI is InChI=1S/C22H20N2O5/c1-14-10-20(25)23-17-7-3-4-8-18(17)24(14)21(26)13-29-22(27)16-11-15-6-2-5-9-19(15)28-12-16/h2-9,11,14H,10,12-13H2,1H3,(H,23,25). The molecule has 2 amide bonds. The van der Waals surface area contributed by atoms with E-state index in [-0.39, 0.29) is 25.0 Å². The zero-order valence-corrected chi connectivity index (χ0v) is 15.9. The van der Waals surface area contributed by atoms with Crippen molar-refractivity contribution in [2.24, 2.45) is 0 Å². The molecule has 2 heterocycles. The van der Waals surface area contributed by atoms with E-state index in [0.717, 1.165) is 5.56 Å². The Morgan fingerprint density at radius 1 is 1.17 bits per heavy atom. The number of hydrogen-bond donors (Lipinski definition) is 1. The molecule has 0 fully saturated rings. The third kappa shape index (κ3) is 3.85. The van der Waals surface area contributed by atoms with E-state index in [1.54, 1.807) is 37.3 Å². The smallest absolute Gasteiger partial charge is 0.338 e. The summed E-state index contributed by atoms with van der Waals surface area (Å²) in [7, 11) is 0. The summed E-state index contributed by atoms with van der Waals surface area (Å²) in [6, 6.07) is 14.1. The highest BCUT2D eigenvalue weighted by molar-refractivity contribution is 6.05. The monoisotopic (exact) mass is 392 g/mol. The second-order valence-electron chi connectivity index (χ2n) is 6.95. The van der Waals surface area contributed by atoms with E-state index in [9.17, 15) is 14.4 Å².